The van der Waals surface area contributed by atoms with Gasteiger partial charge in [-0.25, -0.2) is 0 Å². The Morgan fingerprint density at radius 3 is 2.69 bits per heavy atom. The lowest BCUT2D eigenvalue weighted by Gasteiger charge is -2.04. The molecule has 1 aromatic rings. The summed E-state index contributed by atoms with van der Waals surface area (Å²) in [4.78, 5) is 11.6. The highest BCUT2D eigenvalue weighted by molar-refractivity contribution is 7.83. The number of hydrogen-bond acceptors (Lipinski definition) is 2. The highest BCUT2D eigenvalue weighted by atomic mass is 32.2. The smallest absolute Gasteiger partial charge is 0.271 e. The van der Waals surface area contributed by atoms with E-state index in [1.165, 1.54) is 0 Å². The van der Waals surface area contributed by atoms with Crippen LogP contribution in [0.4, 0.5) is 0 Å². The van der Waals surface area contributed by atoms with Gasteiger partial charge in [0, 0.05) is 16.8 Å². The zero-order valence-electron chi connectivity index (χ0n) is 7.66. The summed E-state index contributed by atoms with van der Waals surface area (Å²) >= 11 is 0. The van der Waals surface area contributed by atoms with E-state index < -0.39 is 10.8 Å². The maximum Gasteiger partial charge on any atom is 0.271 e. The second kappa shape index (κ2) is 2.83. The minimum absolute atomic E-state index is 0.00384. The third-order valence-corrected chi connectivity index (χ3v) is 3.44. The number of fused-ring (bicyclic) bond motifs is 1. The molecule has 1 aliphatic rings. The van der Waals surface area contributed by atoms with E-state index in [9.17, 15) is 9.00 Å². The van der Waals surface area contributed by atoms with Gasteiger partial charge in [-0.3, -0.25) is 18.8 Å². The van der Waals surface area contributed by atoms with Crippen molar-refractivity contribution >= 4 is 10.8 Å². The molecule has 1 N–H and O–H groups in total. The number of aromatic amines is 1. The maximum atomic E-state index is 11.6. The first-order valence-corrected chi connectivity index (χ1v) is 5.75. The lowest BCUT2D eigenvalue weighted by Crippen LogP contribution is -2.21. The van der Waals surface area contributed by atoms with Gasteiger partial charge in [0.2, 0.25) is 0 Å². The molecule has 1 aliphatic heterocycles. The zero-order valence-corrected chi connectivity index (χ0v) is 8.48. The van der Waals surface area contributed by atoms with E-state index in [0.717, 1.165) is 5.69 Å². The molecule has 1 unspecified atom stereocenters. The van der Waals surface area contributed by atoms with Crippen LogP contribution in [0.2, 0.25) is 0 Å². The summed E-state index contributed by atoms with van der Waals surface area (Å²) in [5, 5.41) is 3.00. The lowest BCUT2D eigenvalue weighted by atomic mass is 10.3. The molecular formula is C8H12N2O2S. The van der Waals surface area contributed by atoms with Crippen LogP contribution in [0.15, 0.2) is 4.79 Å². The van der Waals surface area contributed by atoms with Gasteiger partial charge >= 0.3 is 0 Å². The van der Waals surface area contributed by atoms with Crippen LogP contribution in [0.1, 0.15) is 31.1 Å². The van der Waals surface area contributed by atoms with E-state index in [-0.39, 0.29) is 11.6 Å². The molecule has 0 radical (unpaired) electrons. The highest BCUT2D eigenvalue weighted by Gasteiger charge is 2.24. The Morgan fingerprint density at radius 2 is 2.15 bits per heavy atom. The maximum absolute atomic E-state index is 11.6. The predicted octanol–water partition coefficient (Wildman–Crippen LogP) is 0.520. The SMILES string of the molecule is CC(C)n1[nH]c2c(c1=O)CS(=O)C2. The Kier molecular flexibility index (Phi) is 1.91. The summed E-state index contributed by atoms with van der Waals surface area (Å²) in [5.74, 6) is 0.925. The number of rotatable bonds is 1. The van der Waals surface area contributed by atoms with Crippen LogP contribution < -0.4 is 5.56 Å². The van der Waals surface area contributed by atoms with Crippen molar-refractivity contribution in [1.82, 2.24) is 9.78 Å². The van der Waals surface area contributed by atoms with Gasteiger partial charge in [0.1, 0.15) is 0 Å². The van der Waals surface area contributed by atoms with Gasteiger partial charge in [-0.05, 0) is 13.8 Å². The third-order valence-electron chi connectivity index (χ3n) is 2.22. The average Bonchev–Trinajstić information content (AvgIpc) is 2.51. The first kappa shape index (κ1) is 8.74. The summed E-state index contributed by atoms with van der Waals surface area (Å²) in [6.45, 7) is 3.90. The molecule has 4 nitrogen and oxygen atoms in total. The largest absolute Gasteiger partial charge is 0.298 e. The van der Waals surface area contributed by atoms with Gasteiger partial charge in [-0.15, -0.1) is 0 Å². The van der Waals surface area contributed by atoms with E-state index in [1.54, 1.807) is 4.68 Å². The molecule has 0 aromatic carbocycles. The fourth-order valence-corrected chi connectivity index (χ4v) is 2.83. The lowest BCUT2D eigenvalue weighted by molar-refractivity contribution is 0.512. The van der Waals surface area contributed by atoms with Crippen molar-refractivity contribution in [2.75, 3.05) is 0 Å². The van der Waals surface area contributed by atoms with Crippen LogP contribution in [0.25, 0.3) is 0 Å². The number of nitrogens with zero attached hydrogens (tertiary/aromatic N) is 1. The zero-order chi connectivity index (χ0) is 9.59. The summed E-state index contributed by atoms with van der Waals surface area (Å²) in [5.41, 5.74) is 1.57. The Labute approximate surface area is 78.4 Å². The molecule has 0 spiro atoms. The normalized spacial score (nSPS) is 21.0. The summed E-state index contributed by atoms with van der Waals surface area (Å²) in [7, 11) is -0.865. The molecule has 0 saturated carbocycles. The molecule has 0 amide bonds. The number of nitrogens with one attached hydrogen (secondary N) is 1. The van der Waals surface area contributed by atoms with Crippen molar-refractivity contribution in [1.29, 1.82) is 0 Å². The second-order valence-corrected chi connectivity index (χ2v) is 5.02. The molecule has 0 fully saturated rings. The molecule has 1 aromatic heterocycles. The van der Waals surface area contributed by atoms with Crippen LogP contribution in [0, 0.1) is 0 Å². The van der Waals surface area contributed by atoms with E-state index in [4.69, 9.17) is 0 Å². The molecule has 72 valence electrons. The molecular weight excluding hydrogens is 188 g/mol. The van der Waals surface area contributed by atoms with Crippen molar-refractivity contribution in [3.63, 3.8) is 0 Å². The predicted molar refractivity (Wildman–Crippen MR) is 51.0 cm³/mol. The van der Waals surface area contributed by atoms with Gasteiger partial charge in [0.05, 0.1) is 22.8 Å². The molecule has 1 atom stereocenters. The van der Waals surface area contributed by atoms with Crippen LogP contribution >= 0.6 is 0 Å². The minimum Gasteiger partial charge on any atom is -0.298 e. The highest BCUT2D eigenvalue weighted by Crippen LogP contribution is 2.17. The summed E-state index contributed by atoms with van der Waals surface area (Å²) in [6.07, 6.45) is 0. The fourth-order valence-electron chi connectivity index (χ4n) is 1.54. The van der Waals surface area contributed by atoms with E-state index >= 15 is 0 Å². The van der Waals surface area contributed by atoms with Gasteiger partial charge in [-0.2, -0.15) is 0 Å². The van der Waals surface area contributed by atoms with Crippen LogP contribution in [0.5, 0.6) is 0 Å². The standard InChI is InChI=1S/C8H12N2O2S/c1-5(2)10-8(11)6-3-13(12)4-7(6)9-10/h5,9H,3-4H2,1-2H3. The quantitative estimate of drug-likeness (QED) is 0.718. The number of H-pyrrole nitrogens is 1. The first-order chi connectivity index (χ1) is 6.09. The van der Waals surface area contributed by atoms with Crippen LogP contribution in [-0.4, -0.2) is 14.0 Å². The topological polar surface area (TPSA) is 54.9 Å². The van der Waals surface area contributed by atoms with Gasteiger partial charge in [-0.1, -0.05) is 0 Å². The van der Waals surface area contributed by atoms with E-state index in [1.807, 2.05) is 13.8 Å². The van der Waals surface area contributed by atoms with Crippen molar-refractivity contribution < 1.29 is 4.21 Å². The first-order valence-electron chi connectivity index (χ1n) is 4.27. The summed E-state index contributed by atoms with van der Waals surface area (Å²) in [6, 6.07) is 0.145. The molecule has 13 heavy (non-hydrogen) atoms. The minimum atomic E-state index is -0.865. The monoisotopic (exact) mass is 200 g/mol. The van der Waals surface area contributed by atoms with Crippen molar-refractivity contribution in [3.05, 3.63) is 21.6 Å². The molecule has 2 rings (SSSR count). The van der Waals surface area contributed by atoms with Crippen molar-refractivity contribution in [2.45, 2.75) is 31.4 Å². The van der Waals surface area contributed by atoms with Crippen LogP contribution in [-0.2, 0) is 22.3 Å². The van der Waals surface area contributed by atoms with E-state index in [0.29, 0.717) is 17.1 Å². The van der Waals surface area contributed by atoms with Crippen molar-refractivity contribution in [3.8, 4) is 0 Å². The molecule has 0 bridgehead atoms. The van der Waals surface area contributed by atoms with Gasteiger partial charge < -0.3 is 0 Å². The molecule has 2 heterocycles. The Bertz CT molecular complexity index is 416. The van der Waals surface area contributed by atoms with Crippen LogP contribution in [0.3, 0.4) is 0 Å². The van der Waals surface area contributed by atoms with Gasteiger partial charge in [0.25, 0.3) is 5.56 Å². The van der Waals surface area contributed by atoms with E-state index in [2.05, 4.69) is 5.10 Å². The Balaban J connectivity index is 2.54. The second-order valence-electron chi connectivity index (χ2n) is 3.57. The molecule has 0 saturated heterocycles. The number of hydrogen-bond donors (Lipinski definition) is 1. The number of aromatic nitrogens is 2. The molecule has 5 heteroatoms. The van der Waals surface area contributed by atoms with Gasteiger partial charge in [0.15, 0.2) is 0 Å². The van der Waals surface area contributed by atoms with Crippen molar-refractivity contribution in [2.24, 2.45) is 0 Å². The Hall–Kier alpha value is -0.840. The third kappa shape index (κ3) is 1.27. The Morgan fingerprint density at radius 1 is 1.46 bits per heavy atom. The average molecular weight is 200 g/mol. The fraction of sp³-hybridized carbons (Fsp3) is 0.625. The summed E-state index contributed by atoms with van der Waals surface area (Å²) < 4.78 is 12.7. The molecule has 0 aliphatic carbocycles.